The Morgan fingerprint density at radius 1 is 1.29 bits per heavy atom. The SMILES string of the molecule is Cn1cnc(S(=O)(=O)NC(c2cnn(C)c2)C(F)(F)F)c1. The Labute approximate surface area is 118 Å². The molecule has 2 heterocycles. The maximum absolute atomic E-state index is 13.1. The van der Waals surface area contributed by atoms with Gasteiger partial charge in [0.05, 0.1) is 12.5 Å². The first kappa shape index (κ1) is 15.5. The molecule has 11 heteroatoms. The lowest BCUT2D eigenvalue weighted by Gasteiger charge is -2.19. The fraction of sp³-hybridized carbons (Fsp3) is 0.400. The van der Waals surface area contributed by atoms with Crippen molar-refractivity contribution < 1.29 is 21.6 Å². The molecule has 0 saturated heterocycles. The molecular weight excluding hydrogens is 311 g/mol. The molecule has 0 aliphatic heterocycles. The number of aryl methyl sites for hydroxylation is 2. The summed E-state index contributed by atoms with van der Waals surface area (Å²) in [6.45, 7) is 0. The van der Waals surface area contributed by atoms with Gasteiger partial charge in [0, 0.05) is 32.1 Å². The molecule has 0 aliphatic carbocycles. The molecule has 0 aliphatic rings. The third-order valence-electron chi connectivity index (χ3n) is 2.62. The maximum Gasteiger partial charge on any atom is 0.409 e. The molecule has 2 aromatic rings. The van der Waals surface area contributed by atoms with E-state index in [9.17, 15) is 21.6 Å². The van der Waals surface area contributed by atoms with Crippen LogP contribution in [0.4, 0.5) is 13.2 Å². The molecule has 2 aromatic heterocycles. The van der Waals surface area contributed by atoms with Crippen LogP contribution in [0.5, 0.6) is 0 Å². The molecular formula is C10H12F3N5O2S. The molecule has 0 aromatic carbocycles. The van der Waals surface area contributed by atoms with Gasteiger partial charge in [0.1, 0.15) is 6.04 Å². The molecule has 1 unspecified atom stereocenters. The second-order valence-electron chi connectivity index (χ2n) is 4.42. The van der Waals surface area contributed by atoms with Crippen molar-refractivity contribution in [2.45, 2.75) is 17.2 Å². The van der Waals surface area contributed by atoms with E-state index in [1.54, 1.807) is 4.72 Å². The van der Waals surface area contributed by atoms with Crippen molar-refractivity contribution in [3.8, 4) is 0 Å². The van der Waals surface area contributed by atoms with Crippen LogP contribution in [-0.2, 0) is 24.1 Å². The van der Waals surface area contributed by atoms with Gasteiger partial charge in [-0.3, -0.25) is 4.68 Å². The Bertz CT molecular complexity index is 734. The van der Waals surface area contributed by atoms with Crippen LogP contribution in [0, 0.1) is 0 Å². The van der Waals surface area contributed by atoms with E-state index in [2.05, 4.69) is 10.1 Å². The Kier molecular flexibility index (Phi) is 3.80. The van der Waals surface area contributed by atoms with Gasteiger partial charge in [-0.05, 0) is 0 Å². The smallest absolute Gasteiger partial charge is 0.339 e. The highest BCUT2D eigenvalue weighted by atomic mass is 32.2. The molecule has 0 amide bonds. The second kappa shape index (κ2) is 5.15. The lowest BCUT2D eigenvalue weighted by atomic mass is 10.2. The number of nitrogens with one attached hydrogen (secondary N) is 1. The van der Waals surface area contributed by atoms with Crippen LogP contribution in [0.2, 0.25) is 0 Å². The van der Waals surface area contributed by atoms with E-state index in [1.165, 1.54) is 25.0 Å². The third kappa shape index (κ3) is 3.42. The molecule has 1 atom stereocenters. The van der Waals surface area contributed by atoms with E-state index < -0.39 is 27.3 Å². The molecule has 0 bridgehead atoms. The van der Waals surface area contributed by atoms with Crippen molar-refractivity contribution in [2.24, 2.45) is 14.1 Å². The number of alkyl halides is 3. The van der Waals surface area contributed by atoms with E-state index in [4.69, 9.17) is 0 Å². The molecule has 0 spiro atoms. The minimum Gasteiger partial charge on any atom is -0.339 e. The van der Waals surface area contributed by atoms with E-state index >= 15 is 0 Å². The van der Waals surface area contributed by atoms with Gasteiger partial charge in [-0.1, -0.05) is 0 Å². The molecule has 0 radical (unpaired) electrons. The van der Waals surface area contributed by atoms with Gasteiger partial charge in [0.25, 0.3) is 10.0 Å². The molecule has 7 nitrogen and oxygen atoms in total. The van der Waals surface area contributed by atoms with Crippen molar-refractivity contribution in [3.63, 3.8) is 0 Å². The van der Waals surface area contributed by atoms with E-state index in [0.717, 1.165) is 23.3 Å². The van der Waals surface area contributed by atoms with E-state index in [-0.39, 0.29) is 5.56 Å². The highest BCUT2D eigenvalue weighted by Gasteiger charge is 2.44. The minimum absolute atomic E-state index is 0.301. The number of aromatic nitrogens is 4. The van der Waals surface area contributed by atoms with Gasteiger partial charge in [0.15, 0.2) is 5.03 Å². The summed E-state index contributed by atoms with van der Waals surface area (Å²) in [6, 6.07) is -2.39. The van der Waals surface area contributed by atoms with Crippen LogP contribution in [0.25, 0.3) is 0 Å². The fourth-order valence-corrected chi connectivity index (χ4v) is 2.85. The standard InChI is InChI=1S/C10H12F3N5O2S/c1-17-5-8(14-6-17)21(19,20)16-9(10(11,12)13)7-3-15-18(2)4-7/h3-6,9,16H,1-2H3. The maximum atomic E-state index is 13.1. The zero-order chi connectivity index (χ0) is 15.8. The van der Waals surface area contributed by atoms with Gasteiger partial charge >= 0.3 is 6.18 Å². The van der Waals surface area contributed by atoms with Crippen molar-refractivity contribution >= 4 is 10.0 Å². The van der Waals surface area contributed by atoms with E-state index in [1.807, 2.05) is 0 Å². The number of rotatable bonds is 4. The first-order valence-electron chi connectivity index (χ1n) is 5.65. The van der Waals surface area contributed by atoms with Crippen LogP contribution in [0.1, 0.15) is 11.6 Å². The van der Waals surface area contributed by atoms with Crippen LogP contribution >= 0.6 is 0 Å². The number of hydrogen-bond acceptors (Lipinski definition) is 4. The Hall–Kier alpha value is -1.88. The summed E-state index contributed by atoms with van der Waals surface area (Å²) in [7, 11) is -1.46. The third-order valence-corrected chi connectivity index (χ3v) is 3.92. The lowest BCUT2D eigenvalue weighted by Crippen LogP contribution is -2.38. The summed E-state index contributed by atoms with van der Waals surface area (Å²) in [6.07, 6.45) is -0.455. The molecule has 1 N–H and O–H groups in total. The first-order chi connectivity index (χ1) is 9.59. The molecule has 21 heavy (non-hydrogen) atoms. The number of nitrogens with zero attached hydrogens (tertiary/aromatic N) is 4. The molecule has 116 valence electrons. The summed E-state index contributed by atoms with van der Waals surface area (Å²) in [5.41, 5.74) is -0.301. The predicted octanol–water partition coefficient (Wildman–Crippen LogP) is 0.735. The van der Waals surface area contributed by atoms with Crippen LogP contribution in [-0.4, -0.2) is 33.9 Å². The first-order valence-corrected chi connectivity index (χ1v) is 7.13. The van der Waals surface area contributed by atoms with E-state index in [0.29, 0.717) is 0 Å². The molecule has 0 saturated carbocycles. The predicted molar refractivity (Wildman–Crippen MR) is 65.5 cm³/mol. The van der Waals surface area contributed by atoms with Crippen molar-refractivity contribution in [1.82, 2.24) is 24.1 Å². The normalized spacial score (nSPS) is 14.3. The number of hydrogen-bond donors (Lipinski definition) is 1. The summed E-state index contributed by atoms with van der Waals surface area (Å²) < 4.78 is 67.3. The van der Waals surface area contributed by atoms with Gasteiger partial charge in [0.2, 0.25) is 0 Å². The number of sulfonamides is 1. The quantitative estimate of drug-likeness (QED) is 0.899. The Morgan fingerprint density at radius 3 is 2.38 bits per heavy atom. The zero-order valence-corrected chi connectivity index (χ0v) is 11.9. The number of imidazole rings is 1. The summed E-state index contributed by atoms with van der Waals surface area (Å²) in [4.78, 5) is 3.55. The lowest BCUT2D eigenvalue weighted by molar-refractivity contribution is -0.153. The molecule has 2 rings (SSSR count). The fourth-order valence-electron chi connectivity index (χ4n) is 1.66. The largest absolute Gasteiger partial charge is 0.409 e. The van der Waals surface area contributed by atoms with Gasteiger partial charge in [-0.15, -0.1) is 0 Å². The summed E-state index contributed by atoms with van der Waals surface area (Å²) in [5.74, 6) is 0. The van der Waals surface area contributed by atoms with Crippen molar-refractivity contribution in [2.75, 3.05) is 0 Å². The summed E-state index contributed by atoms with van der Waals surface area (Å²) in [5, 5.41) is 3.14. The highest BCUT2D eigenvalue weighted by Crippen LogP contribution is 2.33. The highest BCUT2D eigenvalue weighted by molar-refractivity contribution is 7.89. The summed E-state index contributed by atoms with van der Waals surface area (Å²) >= 11 is 0. The molecule has 0 fully saturated rings. The second-order valence-corrected chi connectivity index (χ2v) is 6.08. The number of halogens is 3. The van der Waals surface area contributed by atoms with Crippen LogP contribution in [0.15, 0.2) is 29.9 Å². The topological polar surface area (TPSA) is 81.8 Å². The average molecular weight is 323 g/mol. The zero-order valence-electron chi connectivity index (χ0n) is 11.0. The van der Waals surface area contributed by atoms with Crippen molar-refractivity contribution in [3.05, 3.63) is 30.5 Å². The van der Waals surface area contributed by atoms with Crippen LogP contribution < -0.4 is 4.72 Å². The monoisotopic (exact) mass is 323 g/mol. The Balaban J connectivity index is 2.36. The van der Waals surface area contributed by atoms with Crippen molar-refractivity contribution in [1.29, 1.82) is 0 Å². The average Bonchev–Trinajstić information content (AvgIpc) is 2.94. The van der Waals surface area contributed by atoms with Crippen LogP contribution in [0.3, 0.4) is 0 Å². The van der Waals surface area contributed by atoms with Gasteiger partial charge in [-0.2, -0.15) is 23.0 Å². The Morgan fingerprint density at radius 2 is 1.95 bits per heavy atom. The minimum atomic E-state index is -4.80. The van der Waals surface area contributed by atoms with Gasteiger partial charge < -0.3 is 4.57 Å². The van der Waals surface area contributed by atoms with Gasteiger partial charge in [-0.25, -0.2) is 13.4 Å².